The van der Waals surface area contributed by atoms with Crippen molar-refractivity contribution in [1.29, 1.82) is 0 Å². The molecular weight excluding hydrogens is 238 g/mol. The van der Waals surface area contributed by atoms with Crippen LogP contribution in [0.3, 0.4) is 0 Å². The Balaban J connectivity index is 2.07. The Hall–Kier alpha value is -0.690. The summed E-state index contributed by atoms with van der Waals surface area (Å²) in [4.78, 5) is 13.4. The summed E-state index contributed by atoms with van der Waals surface area (Å²) in [6, 6.07) is -0.794. The smallest absolute Gasteiger partial charge is 0.223 e. The highest BCUT2D eigenvalue weighted by molar-refractivity contribution is 5.80. The number of likely N-dealkylation sites (tertiary alicyclic amines) is 1. The zero-order valence-electron chi connectivity index (χ0n) is 10.4. The van der Waals surface area contributed by atoms with Crippen molar-refractivity contribution in [1.82, 2.24) is 4.90 Å². The Morgan fingerprint density at radius 1 is 1.11 bits per heavy atom. The van der Waals surface area contributed by atoms with Crippen LogP contribution in [0.4, 0.5) is 0 Å². The van der Waals surface area contributed by atoms with Gasteiger partial charge in [-0.3, -0.25) is 4.79 Å². The summed E-state index contributed by atoms with van der Waals surface area (Å²) in [5, 5.41) is 38.5. The third-order valence-corrected chi connectivity index (χ3v) is 4.07. The minimum atomic E-state index is -1.30. The summed E-state index contributed by atoms with van der Waals surface area (Å²) in [6.07, 6.45) is -1.52. The number of amides is 1. The van der Waals surface area contributed by atoms with Crippen LogP contribution < -0.4 is 0 Å². The molecule has 2 rings (SSSR count). The summed E-state index contributed by atoms with van der Waals surface area (Å²) in [6.45, 7) is 1.69. The van der Waals surface area contributed by atoms with Crippen molar-refractivity contribution >= 4 is 5.91 Å². The monoisotopic (exact) mass is 259 g/mol. The molecule has 0 aromatic rings. The lowest BCUT2D eigenvalue weighted by Crippen LogP contribution is -2.52. The van der Waals surface area contributed by atoms with Crippen molar-refractivity contribution in [2.75, 3.05) is 6.61 Å². The lowest BCUT2D eigenvalue weighted by Gasteiger charge is -2.31. The fourth-order valence-electron chi connectivity index (χ4n) is 2.96. The number of nitrogens with zero attached hydrogens (tertiary/aromatic N) is 1. The van der Waals surface area contributed by atoms with Gasteiger partial charge in [0.2, 0.25) is 5.91 Å². The number of carbonyl (C=O) groups excluding carboxylic acids is 1. The Morgan fingerprint density at radius 2 is 1.78 bits per heavy atom. The van der Waals surface area contributed by atoms with Gasteiger partial charge in [-0.25, -0.2) is 0 Å². The molecule has 104 valence electrons. The van der Waals surface area contributed by atoms with E-state index in [1.54, 1.807) is 0 Å². The number of rotatable bonds is 4. The van der Waals surface area contributed by atoms with Gasteiger partial charge in [-0.2, -0.15) is 0 Å². The van der Waals surface area contributed by atoms with E-state index < -0.39 is 30.3 Å². The van der Waals surface area contributed by atoms with E-state index in [-0.39, 0.29) is 18.6 Å². The topological polar surface area (TPSA) is 101 Å². The first kappa shape index (κ1) is 13.7. The normalized spacial score (nSPS) is 42.6. The minimum absolute atomic E-state index is 0.0781. The molecule has 6 atom stereocenters. The van der Waals surface area contributed by atoms with Crippen LogP contribution in [0.2, 0.25) is 0 Å². The maximum atomic E-state index is 11.9. The first-order valence-electron chi connectivity index (χ1n) is 6.50. The van der Waals surface area contributed by atoms with Gasteiger partial charge in [0.1, 0.15) is 12.2 Å². The summed E-state index contributed by atoms with van der Waals surface area (Å²) in [7, 11) is 0. The molecule has 4 N–H and O–H groups in total. The second-order valence-electron chi connectivity index (χ2n) is 5.20. The number of hydrogen-bond donors (Lipinski definition) is 4. The molecule has 6 unspecified atom stereocenters. The van der Waals surface area contributed by atoms with Crippen LogP contribution in [-0.2, 0) is 4.79 Å². The highest BCUT2D eigenvalue weighted by Crippen LogP contribution is 2.44. The predicted molar refractivity (Wildman–Crippen MR) is 62.5 cm³/mol. The summed E-state index contributed by atoms with van der Waals surface area (Å²) >= 11 is 0. The molecule has 1 aliphatic heterocycles. The zero-order chi connectivity index (χ0) is 13.4. The van der Waals surface area contributed by atoms with Crippen molar-refractivity contribution in [3.63, 3.8) is 0 Å². The molecule has 0 radical (unpaired) electrons. The number of fused-ring (bicyclic) bond motifs is 1. The number of hydrogen-bond acceptors (Lipinski definition) is 5. The van der Waals surface area contributed by atoms with E-state index in [0.29, 0.717) is 6.42 Å². The Kier molecular flexibility index (Phi) is 3.91. The van der Waals surface area contributed by atoms with E-state index in [9.17, 15) is 25.2 Å². The van der Waals surface area contributed by atoms with Crippen molar-refractivity contribution in [3.05, 3.63) is 0 Å². The van der Waals surface area contributed by atoms with Gasteiger partial charge in [0, 0.05) is 12.3 Å². The first-order chi connectivity index (χ1) is 8.54. The van der Waals surface area contributed by atoms with Crippen LogP contribution in [0, 0.1) is 5.92 Å². The Labute approximate surface area is 106 Å². The van der Waals surface area contributed by atoms with Crippen LogP contribution in [-0.4, -0.2) is 68.2 Å². The quantitative estimate of drug-likeness (QED) is 0.458. The van der Waals surface area contributed by atoms with Gasteiger partial charge in [0.05, 0.1) is 24.8 Å². The van der Waals surface area contributed by atoms with Gasteiger partial charge >= 0.3 is 0 Å². The number of aliphatic hydroxyl groups is 4. The molecule has 2 fully saturated rings. The van der Waals surface area contributed by atoms with Crippen molar-refractivity contribution < 1.29 is 25.2 Å². The number of aliphatic hydroxyl groups excluding tert-OH is 4. The SMILES string of the molecule is CCCCC(=O)N1C2C(O)C(O)C(O)C(CO)C21. The average molecular weight is 259 g/mol. The molecule has 1 amide bonds. The van der Waals surface area contributed by atoms with E-state index in [1.807, 2.05) is 6.92 Å². The fraction of sp³-hybridized carbons (Fsp3) is 0.917. The lowest BCUT2D eigenvalue weighted by atomic mass is 9.83. The fourth-order valence-corrected chi connectivity index (χ4v) is 2.96. The van der Waals surface area contributed by atoms with Crippen LogP contribution in [0.15, 0.2) is 0 Å². The molecule has 0 aromatic heterocycles. The van der Waals surface area contributed by atoms with Crippen LogP contribution in [0.5, 0.6) is 0 Å². The molecule has 0 aromatic carbocycles. The molecule has 1 heterocycles. The van der Waals surface area contributed by atoms with Crippen LogP contribution in [0.25, 0.3) is 0 Å². The standard InChI is InChI=1S/C12H21NO5/c1-2-3-4-7(15)13-8-6(5-14)10(16)12(18)11(17)9(8)13/h6,8-12,14,16-18H,2-5H2,1H3. The Bertz CT molecular complexity index is 324. The van der Waals surface area contributed by atoms with E-state index in [4.69, 9.17) is 0 Å². The third kappa shape index (κ3) is 2.03. The largest absolute Gasteiger partial charge is 0.396 e. The maximum absolute atomic E-state index is 11.9. The molecule has 0 bridgehead atoms. The Morgan fingerprint density at radius 3 is 2.33 bits per heavy atom. The molecule has 18 heavy (non-hydrogen) atoms. The minimum Gasteiger partial charge on any atom is -0.396 e. The summed E-state index contributed by atoms with van der Waals surface area (Å²) in [5.74, 6) is -0.648. The first-order valence-corrected chi connectivity index (χ1v) is 6.50. The van der Waals surface area contributed by atoms with Gasteiger partial charge in [0.25, 0.3) is 0 Å². The molecule has 1 saturated heterocycles. The van der Waals surface area contributed by atoms with Gasteiger partial charge in [-0.1, -0.05) is 13.3 Å². The molecular formula is C12H21NO5. The second kappa shape index (κ2) is 5.13. The summed E-state index contributed by atoms with van der Waals surface area (Å²) < 4.78 is 0. The summed E-state index contributed by atoms with van der Waals surface area (Å²) in [5.41, 5.74) is 0. The van der Waals surface area contributed by atoms with Crippen molar-refractivity contribution in [2.45, 2.75) is 56.6 Å². The maximum Gasteiger partial charge on any atom is 0.223 e. The van der Waals surface area contributed by atoms with Gasteiger partial charge in [-0.05, 0) is 6.42 Å². The highest BCUT2D eigenvalue weighted by Gasteiger charge is 2.65. The van der Waals surface area contributed by atoms with Gasteiger partial charge in [0.15, 0.2) is 0 Å². The van der Waals surface area contributed by atoms with E-state index in [1.165, 1.54) is 4.90 Å². The van der Waals surface area contributed by atoms with E-state index >= 15 is 0 Å². The average Bonchev–Trinajstić information content (AvgIpc) is 3.09. The van der Waals surface area contributed by atoms with E-state index in [0.717, 1.165) is 12.8 Å². The van der Waals surface area contributed by atoms with Gasteiger partial charge in [-0.15, -0.1) is 0 Å². The predicted octanol–water partition coefficient (Wildman–Crippen LogP) is -1.54. The second-order valence-corrected chi connectivity index (χ2v) is 5.20. The lowest BCUT2D eigenvalue weighted by molar-refractivity contribution is -0.127. The molecule has 1 saturated carbocycles. The molecule has 2 aliphatic rings. The zero-order valence-corrected chi connectivity index (χ0v) is 10.4. The number of carbonyl (C=O) groups is 1. The number of unbranched alkanes of at least 4 members (excludes halogenated alkanes) is 1. The van der Waals surface area contributed by atoms with Crippen LogP contribution >= 0.6 is 0 Å². The van der Waals surface area contributed by atoms with Crippen molar-refractivity contribution in [2.24, 2.45) is 5.92 Å². The third-order valence-electron chi connectivity index (χ3n) is 4.07. The van der Waals surface area contributed by atoms with Crippen molar-refractivity contribution in [3.8, 4) is 0 Å². The molecule has 0 spiro atoms. The van der Waals surface area contributed by atoms with E-state index in [2.05, 4.69) is 0 Å². The van der Waals surface area contributed by atoms with Crippen LogP contribution in [0.1, 0.15) is 26.2 Å². The van der Waals surface area contributed by atoms with Gasteiger partial charge < -0.3 is 25.3 Å². The molecule has 1 aliphatic carbocycles. The highest BCUT2D eigenvalue weighted by atomic mass is 16.4. The molecule has 6 heteroatoms. The molecule has 6 nitrogen and oxygen atoms in total.